The molecule has 0 amide bonds. The summed E-state index contributed by atoms with van der Waals surface area (Å²) < 4.78 is 3.98. The minimum absolute atomic E-state index is 0.0443. The number of aromatic nitrogens is 4. The quantitative estimate of drug-likeness (QED) is 0.930. The van der Waals surface area contributed by atoms with E-state index < -0.39 is 0 Å². The molecule has 0 aromatic carbocycles. The maximum atomic E-state index is 6.25. The van der Waals surface area contributed by atoms with Crippen LogP contribution in [0.1, 0.15) is 55.6 Å². The van der Waals surface area contributed by atoms with Crippen LogP contribution < -0.4 is 5.73 Å². The van der Waals surface area contributed by atoms with Crippen molar-refractivity contribution >= 4 is 0 Å². The number of nitrogens with two attached hydrogens (primary N) is 1. The van der Waals surface area contributed by atoms with Crippen molar-refractivity contribution in [1.82, 2.24) is 19.6 Å². The summed E-state index contributed by atoms with van der Waals surface area (Å²) in [5.74, 6) is 0. The summed E-state index contributed by atoms with van der Waals surface area (Å²) in [6, 6.07) is 4.62. The number of nitrogens with zero attached hydrogens (tertiary/aromatic N) is 4. The molecule has 1 saturated carbocycles. The molecule has 3 rings (SSSR count). The molecular formula is C15H23N5. The zero-order valence-corrected chi connectivity index (χ0v) is 12.1. The molecule has 20 heavy (non-hydrogen) atoms. The fourth-order valence-electron chi connectivity index (χ4n) is 3.11. The van der Waals surface area contributed by atoms with E-state index in [2.05, 4.69) is 22.0 Å². The molecule has 0 saturated heterocycles. The van der Waals surface area contributed by atoms with E-state index in [4.69, 9.17) is 10.8 Å². The van der Waals surface area contributed by atoms with E-state index in [1.54, 1.807) is 6.20 Å². The average molecular weight is 273 g/mol. The van der Waals surface area contributed by atoms with Gasteiger partial charge in [-0.05, 0) is 25.0 Å². The van der Waals surface area contributed by atoms with Crippen molar-refractivity contribution in [3.63, 3.8) is 0 Å². The zero-order valence-electron chi connectivity index (χ0n) is 12.1. The van der Waals surface area contributed by atoms with Crippen LogP contribution in [0.4, 0.5) is 0 Å². The molecule has 0 bridgehead atoms. The van der Waals surface area contributed by atoms with E-state index in [0.717, 1.165) is 17.8 Å². The topological polar surface area (TPSA) is 61.7 Å². The Kier molecular flexibility index (Phi) is 3.87. The van der Waals surface area contributed by atoms with Gasteiger partial charge in [-0.15, -0.1) is 0 Å². The van der Waals surface area contributed by atoms with Gasteiger partial charge < -0.3 is 5.73 Å². The molecule has 1 aliphatic rings. The Morgan fingerprint density at radius 1 is 1.30 bits per heavy atom. The van der Waals surface area contributed by atoms with Crippen molar-refractivity contribution in [2.45, 2.75) is 50.6 Å². The van der Waals surface area contributed by atoms with Gasteiger partial charge in [0.2, 0.25) is 0 Å². The molecule has 5 heteroatoms. The van der Waals surface area contributed by atoms with Crippen LogP contribution in [0.3, 0.4) is 0 Å². The van der Waals surface area contributed by atoms with Gasteiger partial charge in [-0.1, -0.05) is 19.3 Å². The first-order chi connectivity index (χ1) is 9.74. The Labute approximate surface area is 119 Å². The monoisotopic (exact) mass is 273 g/mol. The Morgan fingerprint density at radius 3 is 2.80 bits per heavy atom. The van der Waals surface area contributed by atoms with Crippen LogP contribution in [0.15, 0.2) is 24.5 Å². The molecule has 2 heterocycles. The van der Waals surface area contributed by atoms with Crippen LogP contribution in [0.2, 0.25) is 0 Å². The number of aryl methyl sites for hydroxylation is 1. The minimum atomic E-state index is -0.0443. The van der Waals surface area contributed by atoms with Gasteiger partial charge in [-0.3, -0.25) is 9.36 Å². The summed E-state index contributed by atoms with van der Waals surface area (Å²) in [7, 11) is 1.93. The predicted molar refractivity (Wildman–Crippen MR) is 78.2 cm³/mol. The molecule has 5 nitrogen and oxygen atoms in total. The lowest BCUT2D eigenvalue weighted by molar-refractivity contribution is 0.327. The van der Waals surface area contributed by atoms with Crippen LogP contribution in [0, 0.1) is 0 Å². The van der Waals surface area contributed by atoms with E-state index in [-0.39, 0.29) is 6.04 Å². The van der Waals surface area contributed by atoms with Crippen LogP contribution in [-0.4, -0.2) is 19.6 Å². The third-order valence-electron chi connectivity index (χ3n) is 4.28. The Bertz CT molecular complexity index is 550. The number of rotatable bonds is 4. The van der Waals surface area contributed by atoms with Crippen molar-refractivity contribution in [1.29, 1.82) is 0 Å². The summed E-state index contributed by atoms with van der Waals surface area (Å²) in [6.45, 7) is 0. The first-order valence-corrected chi connectivity index (χ1v) is 7.51. The Hall–Kier alpha value is -1.62. The van der Waals surface area contributed by atoms with Gasteiger partial charge in [0, 0.05) is 25.9 Å². The highest BCUT2D eigenvalue weighted by atomic mass is 15.3. The van der Waals surface area contributed by atoms with Gasteiger partial charge in [-0.2, -0.15) is 10.2 Å². The fraction of sp³-hybridized carbons (Fsp3) is 0.600. The molecule has 1 atom stereocenters. The van der Waals surface area contributed by atoms with E-state index in [1.165, 1.54) is 32.1 Å². The first kappa shape index (κ1) is 13.4. The van der Waals surface area contributed by atoms with Gasteiger partial charge >= 0.3 is 0 Å². The molecule has 108 valence electrons. The highest BCUT2D eigenvalue weighted by molar-refractivity contribution is 5.11. The van der Waals surface area contributed by atoms with Crippen molar-refractivity contribution in [3.05, 3.63) is 35.9 Å². The second-order valence-corrected chi connectivity index (χ2v) is 5.77. The molecular weight excluding hydrogens is 250 g/mol. The third kappa shape index (κ3) is 2.77. The highest BCUT2D eigenvalue weighted by Gasteiger charge is 2.17. The third-order valence-corrected chi connectivity index (χ3v) is 4.28. The second kappa shape index (κ2) is 5.79. The second-order valence-electron chi connectivity index (χ2n) is 5.77. The fourth-order valence-corrected chi connectivity index (χ4v) is 3.11. The largest absolute Gasteiger partial charge is 0.322 e. The zero-order chi connectivity index (χ0) is 13.9. The van der Waals surface area contributed by atoms with Gasteiger partial charge in [0.05, 0.1) is 23.5 Å². The highest BCUT2D eigenvalue weighted by Crippen LogP contribution is 2.27. The average Bonchev–Trinajstić information content (AvgIpc) is 3.09. The lowest BCUT2D eigenvalue weighted by Gasteiger charge is -2.21. The summed E-state index contributed by atoms with van der Waals surface area (Å²) in [5.41, 5.74) is 8.38. The summed E-state index contributed by atoms with van der Waals surface area (Å²) >= 11 is 0. The van der Waals surface area contributed by atoms with Gasteiger partial charge in [0.15, 0.2) is 0 Å². The normalized spacial score (nSPS) is 18.3. The van der Waals surface area contributed by atoms with Gasteiger partial charge in [0.25, 0.3) is 0 Å². The van der Waals surface area contributed by atoms with E-state index in [1.807, 2.05) is 17.8 Å². The molecule has 2 N–H and O–H groups in total. The first-order valence-electron chi connectivity index (χ1n) is 7.51. The summed E-state index contributed by atoms with van der Waals surface area (Å²) in [5, 5.41) is 8.89. The summed E-state index contributed by atoms with van der Waals surface area (Å²) in [6.07, 6.45) is 11.2. The standard InChI is InChI=1S/C15H23N5/c1-19-15(7-9-17-19)14(16)11-12-8-10-20(18-12)13-5-3-2-4-6-13/h7-10,13-14H,2-6,11,16H2,1H3. The van der Waals surface area contributed by atoms with Crippen molar-refractivity contribution in [2.24, 2.45) is 12.8 Å². The number of hydrogen-bond donors (Lipinski definition) is 1. The molecule has 2 aromatic rings. The van der Waals surface area contributed by atoms with Crippen LogP contribution in [-0.2, 0) is 13.5 Å². The van der Waals surface area contributed by atoms with Gasteiger partial charge in [-0.25, -0.2) is 0 Å². The van der Waals surface area contributed by atoms with Gasteiger partial charge in [0.1, 0.15) is 0 Å². The summed E-state index contributed by atoms with van der Waals surface area (Å²) in [4.78, 5) is 0. The van der Waals surface area contributed by atoms with Crippen LogP contribution in [0.5, 0.6) is 0 Å². The maximum Gasteiger partial charge on any atom is 0.0644 e. The molecule has 0 spiro atoms. The van der Waals surface area contributed by atoms with Crippen molar-refractivity contribution in [3.8, 4) is 0 Å². The predicted octanol–water partition coefficient (Wildman–Crippen LogP) is 2.36. The van der Waals surface area contributed by atoms with Crippen LogP contribution >= 0.6 is 0 Å². The lowest BCUT2D eigenvalue weighted by atomic mass is 9.96. The molecule has 1 fully saturated rings. The SMILES string of the molecule is Cn1nccc1C(N)Cc1ccn(C2CCCCC2)n1. The lowest BCUT2D eigenvalue weighted by Crippen LogP contribution is -2.18. The van der Waals surface area contributed by atoms with E-state index in [0.29, 0.717) is 6.04 Å². The molecule has 0 aliphatic heterocycles. The van der Waals surface area contributed by atoms with E-state index in [9.17, 15) is 0 Å². The number of hydrogen-bond acceptors (Lipinski definition) is 3. The minimum Gasteiger partial charge on any atom is -0.322 e. The molecule has 2 aromatic heterocycles. The molecule has 1 aliphatic carbocycles. The molecule has 0 radical (unpaired) electrons. The van der Waals surface area contributed by atoms with Crippen LogP contribution in [0.25, 0.3) is 0 Å². The molecule has 1 unspecified atom stereocenters. The Balaban J connectivity index is 1.66. The van der Waals surface area contributed by atoms with E-state index >= 15 is 0 Å². The Morgan fingerprint density at radius 2 is 2.10 bits per heavy atom. The maximum absolute atomic E-state index is 6.25. The van der Waals surface area contributed by atoms with Crippen molar-refractivity contribution in [2.75, 3.05) is 0 Å². The van der Waals surface area contributed by atoms with Crippen molar-refractivity contribution < 1.29 is 0 Å². The smallest absolute Gasteiger partial charge is 0.0644 e.